The largest absolute Gasteiger partial charge is 0.381 e. The summed E-state index contributed by atoms with van der Waals surface area (Å²) < 4.78 is 34.5. The molecular weight excluding hydrogens is 630 g/mol. The maximum Gasteiger partial charge on any atom is 0.243 e. The van der Waals surface area contributed by atoms with Crippen LogP contribution in [0.3, 0.4) is 0 Å². The molecule has 0 aromatic heterocycles. The molecule has 0 saturated carbocycles. The minimum absolute atomic E-state index is 0.0585. The first-order valence-electron chi connectivity index (χ1n) is 15.9. The average Bonchev–Trinajstić information content (AvgIpc) is 3.54. The van der Waals surface area contributed by atoms with E-state index in [-0.39, 0.29) is 48.9 Å². The summed E-state index contributed by atoms with van der Waals surface area (Å²) in [5.41, 5.74) is 8.13. The minimum atomic E-state index is -3.82. The number of nitrogens with zero attached hydrogens (tertiary/aromatic N) is 2. The van der Waals surface area contributed by atoms with Crippen molar-refractivity contribution in [3.05, 3.63) is 70.2 Å². The van der Waals surface area contributed by atoms with E-state index in [1.54, 1.807) is 55.3 Å². The van der Waals surface area contributed by atoms with E-state index in [1.165, 1.54) is 4.90 Å². The molecule has 2 aromatic rings. The van der Waals surface area contributed by atoms with E-state index in [2.05, 4.69) is 10.0 Å². The number of benzene rings is 2. The minimum Gasteiger partial charge on any atom is -0.381 e. The first kappa shape index (κ1) is 35.8. The summed E-state index contributed by atoms with van der Waals surface area (Å²) in [7, 11) is -2.06. The van der Waals surface area contributed by atoms with Gasteiger partial charge in [0, 0.05) is 63.4 Å². The van der Waals surface area contributed by atoms with Crippen LogP contribution in [0.1, 0.15) is 62.1 Å². The Morgan fingerprint density at radius 2 is 1.80 bits per heavy atom. The molecular formula is C33H46ClN5O6S. The molecule has 46 heavy (non-hydrogen) atoms. The number of hydrogen-bond donors (Lipinski definition) is 3. The van der Waals surface area contributed by atoms with Crippen molar-refractivity contribution in [2.75, 3.05) is 26.8 Å². The van der Waals surface area contributed by atoms with Crippen LogP contribution in [0.15, 0.2) is 48.5 Å². The van der Waals surface area contributed by atoms with Crippen molar-refractivity contribution in [3.8, 4) is 0 Å². The highest BCUT2D eigenvalue weighted by Crippen LogP contribution is 2.26. The fraction of sp³-hybridized carbons (Fsp3) is 0.545. The highest BCUT2D eigenvalue weighted by molar-refractivity contribution is 7.88. The van der Waals surface area contributed by atoms with Crippen LogP contribution in [0.5, 0.6) is 0 Å². The van der Waals surface area contributed by atoms with Crippen LogP contribution in [0, 0.1) is 5.92 Å². The quantitative estimate of drug-likeness (QED) is 0.279. The summed E-state index contributed by atoms with van der Waals surface area (Å²) in [5, 5.41) is 3.46. The molecule has 2 aliphatic rings. The third kappa shape index (κ3) is 9.74. The number of nitrogens with two attached hydrogens (primary N) is 1. The molecule has 4 N–H and O–H groups in total. The fourth-order valence-electron chi connectivity index (χ4n) is 6.29. The number of carbonyl (C=O) groups excluding carboxylic acids is 3. The molecule has 2 fully saturated rings. The van der Waals surface area contributed by atoms with Crippen molar-refractivity contribution in [1.82, 2.24) is 19.8 Å². The molecule has 0 aliphatic carbocycles. The van der Waals surface area contributed by atoms with Gasteiger partial charge in [0.15, 0.2) is 0 Å². The number of rotatable bonds is 14. The summed E-state index contributed by atoms with van der Waals surface area (Å²) in [6, 6.07) is 12.6. The van der Waals surface area contributed by atoms with E-state index in [9.17, 15) is 22.8 Å². The number of sulfonamides is 1. The van der Waals surface area contributed by atoms with Crippen molar-refractivity contribution in [3.63, 3.8) is 0 Å². The van der Waals surface area contributed by atoms with Gasteiger partial charge in [-0.3, -0.25) is 14.4 Å². The Balaban J connectivity index is 1.48. The second-order valence-corrected chi connectivity index (χ2v) is 14.4. The van der Waals surface area contributed by atoms with E-state index in [0.29, 0.717) is 49.7 Å². The van der Waals surface area contributed by atoms with Crippen LogP contribution in [0.25, 0.3) is 0 Å². The number of nitrogens with one attached hydrogen (secondary N) is 2. The lowest BCUT2D eigenvalue weighted by atomic mass is 9.93. The van der Waals surface area contributed by atoms with E-state index < -0.39 is 28.0 Å². The topological polar surface area (TPSA) is 151 Å². The SMILES string of the molecule is CC(NS(=O)(=O)Cc1ccccc1)C(CCC(=O)N(C)C1CCOCC1)C(=O)N1CCCC1C(=O)NCc1cc(Cl)ccc1CN. The highest BCUT2D eigenvalue weighted by atomic mass is 35.5. The first-order chi connectivity index (χ1) is 22.0. The molecule has 4 rings (SSSR count). The zero-order chi connectivity index (χ0) is 33.3. The lowest BCUT2D eigenvalue weighted by Gasteiger charge is -2.33. The van der Waals surface area contributed by atoms with Crippen LogP contribution in [-0.2, 0) is 48.0 Å². The maximum absolute atomic E-state index is 14.2. The first-order valence-corrected chi connectivity index (χ1v) is 17.9. The van der Waals surface area contributed by atoms with Gasteiger partial charge >= 0.3 is 0 Å². The molecule has 0 spiro atoms. The molecule has 252 valence electrons. The Kier molecular flexibility index (Phi) is 13.0. The summed E-state index contributed by atoms with van der Waals surface area (Å²) in [5.74, 6) is -1.87. The van der Waals surface area contributed by atoms with Crippen molar-refractivity contribution in [1.29, 1.82) is 0 Å². The summed E-state index contributed by atoms with van der Waals surface area (Å²) in [6.45, 7) is 3.68. The second kappa shape index (κ2) is 16.7. The number of halogens is 1. The number of likely N-dealkylation sites (tertiary alicyclic amines) is 1. The summed E-state index contributed by atoms with van der Waals surface area (Å²) in [6.07, 6.45) is 2.79. The van der Waals surface area contributed by atoms with E-state index >= 15 is 0 Å². The summed E-state index contributed by atoms with van der Waals surface area (Å²) >= 11 is 6.16. The zero-order valence-electron chi connectivity index (χ0n) is 26.6. The molecule has 2 aromatic carbocycles. The molecule has 0 radical (unpaired) electrons. The Labute approximate surface area is 277 Å². The van der Waals surface area contributed by atoms with E-state index in [0.717, 1.165) is 24.0 Å². The third-order valence-corrected chi connectivity index (χ3v) is 10.6. The van der Waals surface area contributed by atoms with Crippen LogP contribution in [0.2, 0.25) is 5.02 Å². The predicted octanol–water partition coefficient (Wildman–Crippen LogP) is 2.95. The van der Waals surface area contributed by atoms with E-state index in [1.807, 2.05) is 12.1 Å². The lowest BCUT2D eigenvalue weighted by molar-refractivity contribution is -0.143. The van der Waals surface area contributed by atoms with Crippen molar-refractivity contribution < 1.29 is 27.5 Å². The van der Waals surface area contributed by atoms with Gasteiger partial charge in [0.25, 0.3) is 0 Å². The van der Waals surface area contributed by atoms with Crippen LogP contribution in [0.4, 0.5) is 0 Å². The van der Waals surface area contributed by atoms with Gasteiger partial charge in [-0.05, 0) is 67.9 Å². The molecule has 2 heterocycles. The van der Waals surface area contributed by atoms with Gasteiger partial charge in [0.05, 0.1) is 11.7 Å². The number of amides is 3. The molecule has 13 heteroatoms. The van der Waals surface area contributed by atoms with Gasteiger partial charge < -0.3 is 25.6 Å². The second-order valence-electron chi connectivity index (χ2n) is 12.2. The monoisotopic (exact) mass is 675 g/mol. The van der Waals surface area contributed by atoms with E-state index in [4.69, 9.17) is 22.1 Å². The summed E-state index contributed by atoms with van der Waals surface area (Å²) in [4.78, 5) is 44.1. The van der Waals surface area contributed by atoms with Gasteiger partial charge in [-0.1, -0.05) is 48.0 Å². The molecule has 2 saturated heterocycles. The van der Waals surface area contributed by atoms with Gasteiger partial charge in [0.2, 0.25) is 27.7 Å². The molecule has 3 atom stereocenters. The van der Waals surface area contributed by atoms with Gasteiger partial charge in [-0.25, -0.2) is 13.1 Å². The maximum atomic E-state index is 14.2. The van der Waals surface area contributed by atoms with Gasteiger partial charge in [-0.15, -0.1) is 0 Å². The number of hydrogen-bond acceptors (Lipinski definition) is 7. The van der Waals surface area contributed by atoms with Gasteiger partial charge in [0.1, 0.15) is 6.04 Å². The fourth-order valence-corrected chi connectivity index (χ4v) is 7.93. The normalized spacial score (nSPS) is 18.6. The standard InChI is InChI=1S/C33H46ClN5O6S/c1-23(37-46(43,44)22-24-7-4-3-5-8-24)29(12-13-31(40)38(2)28-14-17-45-18-15-28)33(42)39-16-6-9-30(39)32(41)36-21-26-19-27(34)11-10-25(26)20-35/h3-5,7-8,10-11,19,23,28-30,37H,6,9,12-18,20-22,35H2,1-2H3,(H,36,41). The predicted molar refractivity (Wildman–Crippen MR) is 177 cm³/mol. The van der Waals surface area contributed by atoms with Crippen molar-refractivity contribution in [2.24, 2.45) is 11.7 Å². The van der Waals surface area contributed by atoms with Gasteiger partial charge in [-0.2, -0.15) is 0 Å². The van der Waals surface area contributed by atoms with Crippen molar-refractivity contribution in [2.45, 2.75) is 82.4 Å². The highest BCUT2D eigenvalue weighted by Gasteiger charge is 2.40. The lowest BCUT2D eigenvalue weighted by Crippen LogP contribution is -2.52. The Morgan fingerprint density at radius 1 is 1.09 bits per heavy atom. The van der Waals surface area contributed by atoms with Crippen LogP contribution in [-0.4, -0.2) is 80.9 Å². The zero-order valence-corrected chi connectivity index (χ0v) is 28.2. The molecule has 11 nitrogen and oxygen atoms in total. The molecule has 3 unspecified atom stereocenters. The molecule has 2 aliphatic heterocycles. The van der Waals surface area contributed by atoms with Crippen molar-refractivity contribution >= 4 is 39.3 Å². The average molecular weight is 676 g/mol. The third-order valence-electron chi connectivity index (χ3n) is 8.97. The Hall–Kier alpha value is -3.03. The van der Waals surface area contributed by atoms with Crippen LogP contribution < -0.4 is 15.8 Å². The smallest absolute Gasteiger partial charge is 0.243 e. The number of carbonyl (C=O) groups is 3. The Morgan fingerprint density at radius 3 is 2.50 bits per heavy atom. The number of ether oxygens (including phenoxy) is 1. The van der Waals surface area contributed by atoms with Crippen LogP contribution >= 0.6 is 11.6 Å². The molecule has 0 bridgehead atoms. The molecule has 3 amide bonds. The Bertz CT molecular complexity index is 1450.